The normalized spacial score (nSPS) is 17.1. The summed E-state index contributed by atoms with van der Waals surface area (Å²) in [4.78, 5) is 15.9. The van der Waals surface area contributed by atoms with E-state index in [0.29, 0.717) is 41.7 Å². The number of hydrogen-bond donors (Lipinski definition) is 2. The maximum atomic E-state index is 12.7. The summed E-state index contributed by atoms with van der Waals surface area (Å²) in [5, 5.41) is 6.59. The van der Waals surface area contributed by atoms with E-state index >= 15 is 0 Å². The van der Waals surface area contributed by atoms with Gasteiger partial charge in [-0.3, -0.25) is 4.79 Å². The molecule has 0 unspecified atom stereocenters. The van der Waals surface area contributed by atoms with E-state index < -0.39 is 10.0 Å². The van der Waals surface area contributed by atoms with Crippen LogP contribution in [-0.4, -0.2) is 43.2 Å². The van der Waals surface area contributed by atoms with Gasteiger partial charge in [0.15, 0.2) is 0 Å². The van der Waals surface area contributed by atoms with E-state index in [1.807, 2.05) is 31.3 Å². The lowest BCUT2D eigenvalue weighted by Crippen LogP contribution is -2.42. The highest BCUT2D eigenvalue weighted by atomic mass is 35.5. The van der Waals surface area contributed by atoms with Gasteiger partial charge in [-0.1, -0.05) is 24.6 Å². The minimum Gasteiger partial charge on any atom is -0.361 e. The van der Waals surface area contributed by atoms with Crippen molar-refractivity contribution >= 4 is 49.8 Å². The standard InChI is InChI=1S/C22H26ClN3O3S2/c1-15(16-7-10-26(11-8-16)31(28,29)21-3-2-12-30-21)22(27)24-9-6-17-14-25-20-5-4-18(23)13-19(17)20/h2-5,12-16,25H,6-11H2,1H3,(H,24,27)/t15-/m1/s1. The lowest BCUT2D eigenvalue weighted by atomic mass is 9.85. The Morgan fingerprint density at radius 2 is 2.10 bits per heavy atom. The summed E-state index contributed by atoms with van der Waals surface area (Å²) in [6, 6.07) is 9.13. The Morgan fingerprint density at radius 3 is 2.81 bits per heavy atom. The smallest absolute Gasteiger partial charge is 0.252 e. The molecule has 0 spiro atoms. The Balaban J connectivity index is 1.27. The number of nitrogens with zero attached hydrogens (tertiary/aromatic N) is 1. The first-order valence-electron chi connectivity index (χ1n) is 10.4. The Hall–Kier alpha value is -1.87. The summed E-state index contributed by atoms with van der Waals surface area (Å²) >= 11 is 7.34. The van der Waals surface area contributed by atoms with Crippen molar-refractivity contribution in [3.05, 3.63) is 52.5 Å². The molecule has 166 valence electrons. The van der Waals surface area contributed by atoms with Crippen LogP contribution >= 0.6 is 22.9 Å². The first-order valence-corrected chi connectivity index (χ1v) is 13.1. The fourth-order valence-corrected chi connectivity index (χ4v) is 6.99. The van der Waals surface area contributed by atoms with E-state index in [0.717, 1.165) is 22.9 Å². The molecule has 1 amide bonds. The molecule has 31 heavy (non-hydrogen) atoms. The summed E-state index contributed by atoms with van der Waals surface area (Å²) in [6.07, 6.45) is 4.07. The molecule has 1 aromatic carbocycles. The minimum atomic E-state index is -3.41. The number of aromatic amines is 1. The van der Waals surface area contributed by atoms with Gasteiger partial charge >= 0.3 is 0 Å². The average molecular weight is 480 g/mol. The molecule has 1 aliphatic heterocycles. The zero-order valence-electron chi connectivity index (χ0n) is 17.3. The van der Waals surface area contributed by atoms with Crippen molar-refractivity contribution in [3.8, 4) is 0 Å². The molecule has 9 heteroatoms. The predicted octanol–water partition coefficient (Wildman–Crippen LogP) is 4.28. The van der Waals surface area contributed by atoms with Crippen LogP contribution in [0.15, 0.2) is 46.1 Å². The van der Waals surface area contributed by atoms with Crippen LogP contribution in [-0.2, 0) is 21.2 Å². The largest absolute Gasteiger partial charge is 0.361 e. The molecule has 1 aliphatic rings. The molecule has 1 atom stereocenters. The molecule has 1 saturated heterocycles. The summed E-state index contributed by atoms with van der Waals surface area (Å²) in [6.45, 7) is 3.40. The monoisotopic (exact) mass is 479 g/mol. The molecule has 2 aromatic heterocycles. The van der Waals surface area contributed by atoms with Gasteiger partial charge in [-0.25, -0.2) is 8.42 Å². The topological polar surface area (TPSA) is 82.3 Å². The van der Waals surface area contributed by atoms with Gasteiger partial charge in [0.25, 0.3) is 10.0 Å². The van der Waals surface area contributed by atoms with Gasteiger partial charge in [-0.05, 0) is 60.4 Å². The molecule has 4 rings (SSSR count). The number of fused-ring (bicyclic) bond motifs is 1. The van der Waals surface area contributed by atoms with Gasteiger partial charge in [-0.15, -0.1) is 11.3 Å². The van der Waals surface area contributed by atoms with Crippen LogP contribution in [0.2, 0.25) is 5.02 Å². The van der Waals surface area contributed by atoms with E-state index in [2.05, 4.69) is 10.3 Å². The number of nitrogens with one attached hydrogen (secondary N) is 2. The molecule has 0 bridgehead atoms. The second-order valence-electron chi connectivity index (χ2n) is 8.01. The van der Waals surface area contributed by atoms with Gasteiger partial charge in [0.1, 0.15) is 4.21 Å². The van der Waals surface area contributed by atoms with Crippen LogP contribution in [0.25, 0.3) is 10.9 Å². The molecule has 2 N–H and O–H groups in total. The number of rotatable bonds is 7. The zero-order chi connectivity index (χ0) is 22.0. The van der Waals surface area contributed by atoms with Gasteiger partial charge in [0, 0.05) is 47.7 Å². The van der Waals surface area contributed by atoms with E-state index in [1.54, 1.807) is 21.8 Å². The zero-order valence-corrected chi connectivity index (χ0v) is 19.7. The number of benzene rings is 1. The quantitative estimate of drug-likeness (QED) is 0.530. The predicted molar refractivity (Wildman–Crippen MR) is 125 cm³/mol. The second-order valence-corrected chi connectivity index (χ2v) is 11.6. The van der Waals surface area contributed by atoms with E-state index in [-0.39, 0.29) is 17.7 Å². The van der Waals surface area contributed by atoms with Crippen molar-refractivity contribution in [1.82, 2.24) is 14.6 Å². The van der Waals surface area contributed by atoms with Crippen molar-refractivity contribution in [2.24, 2.45) is 11.8 Å². The van der Waals surface area contributed by atoms with Crippen molar-refractivity contribution in [1.29, 1.82) is 0 Å². The highest BCUT2D eigenvalue weighted by molar-refractivity contribution is 7.91. The van der Waals surface area contributed by atoms with Crippen LogP contribution < -0.4 is 5.32 Å². The van der Waals surface area contributed by atoms with Crippen molar-refractivity contribution in [2.45, 2.75) is 30.4 Å². The number of carbonyl (C=O) groups excluding carboxylic acids is 1. The number of H-pyrrole nitrogens is 1. The van der Waals surface area contributed by atoms with Crippen molar-refractivity contribution in [2.75, 3.05) is 19.6 Å². The van der Waals surface area contributed by atoms with Crippen LogP contribution in [0.5, 0.6) is 0 Å². The summed E-state index contributed by atoms with van der Waals surface area (Å²) in [5.74, 6) is 0.0584. The second kappa shape index (κ2) is 9.32. The Kier molecular flexibility index (Phi) is 6.71. The number of thiophene rings is 1. The van der Waals surface area contributed by atoms with Gasteiger partial charge in [0.05, 0.1) is 0 Å². The fourth-order valence-electron chi connectivity index (χ4n) is 4.21. The van der Waals surface area contributed by atoms with E-state index in [9.17, 15) is 13.2 Å². The van der Waals surface area contributed by atoms with Crippen LogP contribution in [0.3, 0.4) is 0 Å². The number of sulfonamides is 1. The maximum Gasteiger partial charge on any atom is 0.252 e. The van der Waals surface area contributed by atoms with Crippen molar-refractivity contribution < 1.29 is 13.2 Å². The number of piperidine rings is 1. The number of halogens is 1. The number of hydrogen-bond acceptors (Lipinski definition) is 4. The lowest BCUT2D eigenvalue weighted by Gasteiger charge is -2.33. The average Bonchev–Trinajstić information content (AvgIpc) is 3.44. The first kappa shape index (κ1) is 22.3. The summed E-state index contributed by atoms with van der Waals surface area (Å²) in [7, 11) is -3.41. The molecule has 0 radical (unpaired) electrons. The number of aromatic nitrogens is 1. The SMILES string of the molecule is C[C@@H](C(=O)NCCc1c[nH]c2ccc(Cl)cc12)C1CCN(S(=O)(=O)c2cccs2)CC1. The number of carbonyl (C=O) groups is 1. The molecule has 1 fully saturated rings. The van der Waals surface area contributed by atoms with Crippen LogP contribution in [0.4, 0.5) is 0 Å². The Bertz CT molecular complexity index is 1150. The molecule has 3 aromatic rings. The highest BCUT2D eigenvalue weighted by Gasteiger charge is 2.33. The third-order valence-corrected chi connectivity index (χ3v) is 9.64. The van der Waals surface area contributed by atoms with Crippen molar-refractivity contribution in [3.63, 3.8) is 0 Å². The molecule has 3 heterocycles. The lowest BCUT2D eigenvalue weighted by molar-refractivity contribution is -0.126. The Morgan fingerprint density at radius 1 is 1.32 bits per heavy atom. The summed E-state index contributed by atoms with van der Waals surface area (Å²) in [5.41, 5.74) is 2.15. The molecular formula is C22H26ClN3O3S2. The van der Waals surface area contributed by atoms with Gasteiger partial charge in [0.2, 0.25) is 5.91 Å². The molecule has 6 nitrogen and oxygen atoms in total. The van der Waals surface area contributed by atoms with E-state index in [1.165, 1.54) is 11.3 Å². The maximum absolute atomic E-state index is 12.7. The van der Waals surface area contributed by atoms with E-state index in [4.69, 9.17) is 11.6 Å². The highest BCUT2D eigenvalue weighted by Crippen LogP contribution is 2.30. The molecule has 0 saturated carbocycles. The third-order valence-electron chi connectivity index (χ3n) is 6.13. The molecule has 0 aliphatic carbocycles. The number of amides is 1. The molecular weight excluding hydrogens is 454 g/mol. The third kappa shape index (κ3) is 4.82. The van der Waals surface area contributed by atoms with Gasteiger partial charge in [-0.2, -0.15) is 4.31 Å². The Labute approximate surface area is 191 Å². The van der Waals surface area contributed by atoms with Gasteiger partial charge < -0.3 is 10.3 Å². The van der Waals surface area contributed by atoms with Crippen LogP contribution in [0.1, 0.15) is 25.3 Å². The first-order chi connectivity index (χ1) is 14.9. The van der Waals surface area contributed by atoms with Crippen LogP contribution in [0, 0.1) is 11.8 Å². The summed E-state index contributed by atoms with van der Waals surface area (Å²) < 4.78 is 27.3. The minimum absolute atomic E-state index is 0.0254. The fraction of sp³-hybridized carbons (Fsp3) is 0.409.